The van der Waals surface area contributed by atoms with Gasteiger partial charge in [-0.3, -0.25) is 4.99 Å². The van der Waals surface area contributed by atoms with E-state index in [0.717, 1.165) is 37.0 Å². The predicted molar refractivity (Wildman–Crippen MR) is 111 cm³/mol. The number of fused-ring (bicyclic) bond motifs is 1. The zero-order valence-corrected chi connectivity index (χ0v) is 17.4. The molecule has 0 amide bonds. The van der Waals surface area contributed by atoms with Crippen molar-refractivity contribution >= 4 is 29.9 Å². The lowest BCUT2D eigenvalue weighted by Gasteiger charge is -2.30. The number of rotatable bonds is 5. The maximum atomic E-state index is 5.42. The molecule has 0 bridgehead atoms. The van der Waals surface area contributed by atoms with Crippen LogP contribution in [0.3, 0.4) is 0 Å². The van der Waals surface area contributed by atoms with E-state index in [9.17, 15) is 0 Å². The maximum Gasteiger partial charge on any atom is 0.231 e. The first-order valence-electron chi connectivity index (χ1n) is 8.76. The third-order valence-corrected chi connectivity index (χ3v) is 4.65. The Morgan fingerprint density at radius 3 is 2.92 bits per heavy atom. The second kappa shape index (κ2) is 10.1. The van der Waals surface area contributed by atoms with Crippen LogP contribution in [0.5, 0.6) is 11.5 Å². The number of halogens is 1. The van der Waals surface area contributed by atoms with Crippen LogP contribution < -0.4 is 20.1 Å². The van der Waals surface area contributed by atoms with Gasteiger partial charge >= 0.3 is 0 Å². The Hall–Kier alpha value is -1.22. The van der Waals surface area contributed by atoms with E-state index < -0.39 is 0 Å². The number of hydrogen-bond acceptors (Lipinski definition) is 4. The molecule has 2 aliphatic heterocycles. The molecule has 0 aromatic heterocycles. The molecule has 1 fully saturated rings. The molecule has 1 unspecified atom stereocenters. The van der Waals surface area contributed by atoms with Crippen molar-refractivity contribution in [2.45, 2.75) is 19.3 Å². The molecule has 7 heteroatoms. The van der Waals surface area contributed by atoms with Gasteiger partial charge in [-0.2, -0.15) is 0 Å². The van der Waals surface area contributed by atoms with Gasteiger partial charge in [0.05, 0.1) is 0 Å². The molecular formula is C18H29IN4O2. The average molecular weight is 460 g/mol. The van der Waals surface area contributed by atoms with Crippen molar-refractivity contribution < 1.29 is 9.47 Å². The van der Waals surface area contributed by atoms with Crippen molar-refractivity contribution in [1.82, 2.24) is 15.5 Å². The Kier molecular flexibility index (Phi) is 8.08. The van der Waals surface area contributed by atoms with Crippen LogP contribution in [0.15, 0.2) is 23.2 Å². The highest BCUT2D eigenvalue weighted by Crippen LogP contribution is 2.32. The van der Waals surface area contributed by atoms with E-state index in [-0.39, 0.29) is 24.0 Å². The summed E-state index contributed by atoms with van der Waals surface area (Å²) in [5.74, 6) is 3.26. The van der Waals surface area contributed by atoms with Gasteiger partial charge in [0, 0.05) is 26.7 Å². The van der Waals surface area contributed by atoms with Gasteiger partial charge in [-0.1, -0.05) is 6.07 Å². The Morgan fingerprint density at radius 2 is 2.12 bits per heavy atom. The summed E-state index contributed by atoms with van der Waals surface area (Å²) >= 11 is 0. The molecule has 140 valence electrons. The van der Waals surface area contributed by atoms with E-state index in [2.05, 4.69) is 39.7 Å². The number of benzene rings is 1. The van der Waals surface area contributed by atoms with Crippen LogP contribution in [-0.4, -0.2) is 57.9 Å². The minimum atomic E-state index is 0. The summed E-state index contributed by atoms with van der Waals surface area (Å²) in [5.41, 5.74) is 1.23. The Balaban J connectivity index is 0.00000225. The van der Waals surface area contributed by atoms with E-state index in [4.69, 9.17) is 9.47 Å². The summed E-state index contributed by atoms with van der Waals surface area (Å²) in [4.78, 5) is 6.73. The van der Waals surface area contributed by atoms with Crippen LogP contribution in [0.4, 0.5) is 0 Å². The van der Waals surface area contributed by atoms with Crippen LogP contribution in [0.1, 0.15) is 18.4 Å². The van der Waals surface area contributed by atoms with Crippen molar-refractivity contribution in [1.29, 1.82) is 0 Å². The molecule has 0 spiro atoms. The fraction of sp³-hybridized carbons (Fsp3) is 0.611. The standard InChI is InChI=1S/C18H28N4O2.HI/c1-19-18(21-11-15-4-3-9-22(2)12-15)20-8-7-14-5-6-16-17(10-14)24-13-23-16;/h5-6,10,15H,3-4,7-9,11-13H2,1-2H3,(H2,19,20,21);1H. The first-order chi connectivity index (χ1) is 11.7. The normalized spacial score (nSPS) is 20.1. The van der Waals surface area contributed by atoms with Gasteiger partial charge in [-0.25, -0.2) is 0 Å². The summed E-state index contributed by atoms with van der Waals surface area (Å²) in [6, 6.07) is 6.12. The maximum absolute atomic E-state index is 5.42. The highest BCUT2D eigenvalue weighted by atomic mass is 127. The van der Waals surface area contributed by atoms with E-state index in [0.29, 0.717) is 12.7 Å². The number of aliphatic imine (C=N–C) groups is 1. The molecule has 1 aromatic carbocycles. The highest BCUT2D eigenvalue weighted by Gasteiger charge is 2.17. The Bertz CT molecular complexity index is 582. The molecular weight excluding hydrogens is 431 g/mol. The zero-order valence-electron chi connectivity index (χ0n) is 15.1. The molecule has 2 N–H and O–H groups in total. The average Bonchev–Trinajstić information content (AvgIpc) is 3.05. The molecule has 0 aliphatic carbocycles. The van der Waals surface area contributed by atoms with Crippen LogP contribution >= 0.6 is 24.0 Å². The van der Waals surface area contributed by atoms with E-state index in [1.54, 1.807) is 0 Å². The molecule has 6 nitrogen and oxygen atoms in total. The first-order valence-corrected chi connectivity index (χ1v) is 8.76. The molecule has 0 saturated carbocycles. The van der Waals surface area contributed by atoms with E-state index >= 15 is 0 Å². The molecule has 1 saturated heterocycles. The largest absolute Gasteiger partial charge is 0.454 e. The third kappa shape index (κ3) is 5.91. The Morgan fingerprint density at radius 1 is 1.28 bits per heavy atom. The van der Waals surface area contributed by atoms with Crippen molar-refractivity contribution in [3.05, 3.63) is 23.8 Å². The fourth-order valence-corrected chi connectivity index (χ4v) is 3.32. The summed E-state index contributed by atoms with van der Waals surface area (Å²) in [6.45, 7) is 4.53. The second-order valence-corrected chi connectivity index (χ2v) is 6.59. The lowest BCUT2D eigenvalue weighted by atomic mass is 9.99. The molecule has 25 heavy (non-hydrogen) atoms. The van der Waals surface area contributed by atoms with Gasteiger partial charge in [-0.05, 0) is 56.5 Å². The minimum Gasteiger partial charge on any atom is -0.454 e. The van der Waals surface area contributed by atoms with Gasteiger partial charge in [-0.15, -0.1) is 24.0 Å². The van der Waals surface area contributed by atoms with Crippen molar-refractivity contribution in [3.63, 3.8) is 0 Å². The lowest BCUT2D eigenvalue weighted by molar-refractivity contribution is 0.174. The van der Waals surface area contributed by atoms with Crippen molar-refractivity contribution in [2.75, 3.05) is 47.1 Å². The lowest BCUT2D eigenvalue weighted by Crippen LogP contribution is -2.44. The first kappa shape index (κ1) is 20.1. The van der Waals surface area contributed by atoms with Gasteiger partial charge < -0.3 is 25.0 Å². The smallest absolute Gasteiger partial charge is 0.231 e. The van der Waals surface area contributed by atoms with E-state index in [1.807, 2.05) is 13.1 Å². The number of piperidine rings is 1. The third-order valence-electron chi connectivity index (χ3n) is 4.65. The number of guanidine groups is 1. The minimum absolute atomic E-state index is 0. The number of ether oxygens (including phenoxy) is 2. The van der Waals surface area contributed by atoms with E-state index in [1.165, 1.54) is 31.5 Å². The summed E-state index contributed by atoms with van der Waals surface area (Å²) < 4.78 is 10.8. The number of likely N-dealkylation sites (tertiary alicyclic amines) is 1. The van der Waals surface area contributed by atoms with Gasteiger partial charge in [0.1, 0.15) is 0 Å². The van der Waals surface area contributed by atoms with Crippen molar-refractivity contribution in [3.8, 4) is 11.5 Å². The molecule has 2 aliphatic rings. The summed E-state index contributed by atoms with van der Waals surface area (Å²) in [6.07, 6.45) is 3.51. The molecule has 1 aromatic rings. The Labute approximate surface area is 167 Å². The van der Waals surface area contributed by atoms with Crippen LogP contribution in [0, 0.1) is 5.92 Å². The van der Waals surface area contributed by atoms with Crippen LogP contribution in [0.2, 0.25) is 0 Å². The quantitative estimate of drug-likeness (QED) is 0.401. The summed E-state index contributed by atoms with van der Waals surface area (Å²) in [7, 11) is 4.02. The van der Waals surface area contributed by atoms with Gasteiger partial charge in [0.25, 0.3) is 0 Å². The van der Waals surface area contributed by atoms with Gasteiger partial charge in [0.2, 0.25) is 6.79 Å². The summed E-state index contributed by atoms with van der Waals surface area (Å²) in [5, 5.41) is 6.84. The SMILES string of the molecule is CN=C(NCCc1ccc2c(c1)OCO2)NCC1CCCN(C)C1.I. The highest BCUT2D eigenvalue weighted by molar-refractivity contribution is 14.0. The zero-order chi connectivity index (χ0) is 16.8. The number of nitrogens with one attached hydrogen (secondary N) is 2. The predicted octanol–water partition coefficient (Wildman–Crippen LogP) is 2.08. The fourth-order valence-electron chi connectivity index (χ4n) is 3.32. The van der Waals surface area contributed by atoms with Crippen LogP contribution in [-0.2, 0) is 6.42 Å². The number of nitrogens with zero attached hydrogens (tertiary/aromatic N) is 2. The molecule has 1 atom stereocenters. The number of hydrogen-bond donors (Lipinski definition) is 2. The second-order valence-electron chi connectivity index (χ2n) is 6.59. The van der Waals surface area contributed by atoms with Crippen LogP contribution in [0.25, 0.3) is 0 Å². The molecule has 0 radical (unpaired) electrons. The van der Waals surface area contributed by atoms with Crippen molar-refractivity contribution in [2.24, 2.45) is 10.9 Å². The molecule has 3 rings (SSSR count). The molecule has 2 heterocycles. The van der Waals surface area contributed by atoms with Gasteiger partial charge in [0.15, 0.2) is 17.5 Å². The monoisotopic (exact) mass is 460 g/mol. The topological polar surface area (TPSA) is 58.1 Å².